The number of carbonyl (C=O) groups is 1. The van der Waals surface area contributed by atoms with Gasteiger partial charge in [0.2, 0.25) is 10.0 Å². The maximum Gasteiger partial charge on any atom is 0.253 e. The fraction of sp³-hybridized carbons (Fsp3) is 0.444. The molecule has 188 valence electrons. The molecule has 1 N–H and O–H groups in total. The number of ether oxygens (including phenoxy) is 1. The Morgan fingerprint density at radius 3 is 2.51 bits per heavy atom. The third kappa shape index (κ3) is 6.23. The van der Waals surface area contributed by atoms with Gasteiger partial charge in [0, 0.05) is 42.6 Å². The summed E-state index contributed by atoms with van der Waals surface area (Å²) in [6, 6.07) is 13.2. The summed E-state index contributed by atoms with van der Waals surface area (Å²) < 4.78 is 34.8. The number of fused-ring (bicyclic) bond motifs is 1. The van der Waals surface area contributed by atoms with Gasteiger partial charge >= 0.3 is 0 Å². The third-order valence-electron chi connectivity index (χ3n) is 5.99. The second kappa shape index (κ2) is 11.3. The molecule has 8 heteroatoms. The van der Waals surface area contributed by atoms with Crippen LogP contribution in [0.3, 0.4) is 0 Å². The number of aliphatic hydroxyl groups excluding tert-OH is 1. The number of benzene rings is 2. The maximum atomic E-state index is 13.6. The fourth-order valence-electron chi connectivity index (χ4n) is 3.90. The van der Waals surface area contributed by atoms with Gasteiger partial charge in [0.15, 0.2) is 0 Å². The first-order valence-corrected chi connectivity index (χ1v) is 13.2. The topological polar surface area (TPSA) is 87.2 Å². The minimum absolute atomic E-state index is 0.0295. The molecule has 0 bridgehead atoms. The standard InChI is InChI=1S/C27H34N2O5S/c1-19(2)11-12-22-13-14-26-24(15-22)34-25(17-28(5)27(31)23-9-7-6-8-10-23)20(3)16-29(21(4)18-30)35(26,32)33/h6-10,13-15,19-21,25,30H,16-18H2,1-5H3/t20-,21-,25-/m1/s1. The molecular formula is C27H34N2O5S. The van der Waals surface area contributed by atoms with Crippen molar-refractivity contribution in [2.75, 3.05) is 26.7 Å². The monoisotopic (exact) mass is 498 g/mol. The van der Waals surface area contributed by atoms with Crippen LogP contribution in [-0.4, -0.2) is 67.5 Å². The SMILES string of the molecule is CC(C)C#Cc1ccc2c(c1)O[C@H](CN(C)C(=O)c1ccccc1)[C@H](C)CN([C@H](C)CO)S2(=O)=O. The zero-order valence-corrected chi connectivity index (χ0v) is 21.7. The van der Waals surface area contributed by atoms with E-state index in [-0.39, 0.29) is 48.1 Å². The molecule has 0 aliphatic carbocycles. The summed E-state index contributed by atoms with van der Waals surface area (Å²) in [4.78, 5) is 14.6. The van der Waals surface area contributed by atoms with Crippen LogP contribution in [-0.2, 0) is 10.0 Å². The molecule has 0 saturated carbocycles. The van der Waals surface area contributed by atoms with E-state index in [1.165, 1.54) is 10.4 Å². The summed E-state index contributed by atoms with van der Waals surface area (Å²) in [6.07, 6.45) is -0.483. The first-order valence-electron chi connectivity index (χ1n) is 11.8. The van der Waals surface area contributed by atoms with Gasteiger partial charge in [0.1, 0.15) is 16.7 Å². The number of rotatable bonds is 5. The molecule has 2 aromatic carbocycles. The molecule has 1 amide bonds. The lowest BCUT2D eigenvalue weighted by molar-refractivity contribution is 0.0563. The normalized spacial score (nSPS) is 20.4. The van der Waals surface area contributed by atoms with Crippen molar-refractivity contribution in [3.63, 3.8) is 0 Å². The van der Waals surface area contributed by atoms with E-state index in [2.05, 4.69) is 11.8 Å². The van der Waals surface area contributed by atoms with E-state index in [1.807, 2.05) is 39.0 Å². The third-order valence-corrected chi connectivity index (χ3v) is 8.01. The van der Waals surface area contributed by atoms with Crippen molar-refractivity contribution in [1.82, 2.24) is 9.21 Å². The molecule has 0 aromatic heterocycles. The molecule has 35 heavy (non-hydrogen) atoms. The second-order valence-corrected chi connectivity index (χ2v) is 11.2. The molecule has 0 radical (unpaired) electrons. The Labute approximate surface area is 208 Å². The molecule has 3 rings (SSSR count). The van der Waals surface area contributed by atoms with Gasteiger partial charge in [-0.2, -0.15) is 4.31 Å². The van der Waals surface area contributed by atoms with E-state index < -0.39 is 22.2 Å². The van der Waals surface area contributed by atoms with Crippen LogP contribution in [0, 0.1) is 23.7 Å². The summed E-state index contributed by atoms with van der Waals surface area (Å²) >= 11 is 0. The van der Waals surface area contributed by atoms with Crippen LogP contribution in [0.5, 0.6) is 5.75 Å². The van der Waals surface area contributed by atoms with Gasteiger partial charge < -0.3 is 14.7 Å². The zero-order chi connectivity index (χ0) is 25.8. The van der Waals surface area contributed by atoms with Gasteiger partial charge in [-0.25, -0.2) is 8.42 Å². The average molecular weight is 499 g/mol. The highest BCUT2D eigenvalue weighted by molar-refractivity contribution is 7.89. The molecule has 1 aliphatic heterocycles. The van der Waals surface area contributed by atoms with Crippen molar-refractivity contribution in [1.29, 1.82) is 0 Å². The van der Waals surface area contributed by atoms with E-state index >= 15 is 0 Å². The van der Waals surface area contributed by atoms with Crippen LogP contribution < -0.4 is 4.74 Å². The highest BCUT2D eigenvalue weighted by atomic mass is 32.2. The van der Waals surface area contributed by atoms with E-state index in [0.717, 1.165) is 0 Å². The maximum absolute atomic E-state index is 13.6. The minimum atomic E-state index is -3.93. The molecular weight excluding hydrogens is 464 g/mol. The quantitative estimate of drug-likeness (QED) is 0.640. The van der Waals surface area contributed by atoms with Crippen LogP contribution in [0.4, 0.5) is 0 Å². The predicted octanol–water partition coefficient (Wildman–Crippen LogP) is 3.23. The van der Waals surface area contributed by atoms with Crippen LogP contribution in [0.15, 0.2) is 53.4 Å². The Morgan fingerprint density at radius 2 is 1.89 bits per heavy atom. The molecule has 3 atom stereocenters. The van der Waals surface area contributed by atoms with Crippen LogP contribution in [0.25, 0.3) is 0 Å². The molecule has 0 fully saturated rings. The van der Waals surface area contributed by atoms with E-state index in [9.17, 15) is 18.3 Å². The molecule has 7 nitrogen and oxygen atoms in total. The molecule has 0 spiro atoms. The van der Waals surface area contributed by atoms with Gasteiger partial charge in [-0.1, -0.05) is 50.8 Å². The molecule has 0 saturated heterocycles. The van der Waals surface area contributed by atoms with E-state index in [1.54, 1.807) is 43.1 Å². The number of sulfonamides is 1. The number of nitrogens with zero attached hydrogens (tertiary/aromatic N) is 2. The van der Waals surface area contributed by atoms with Crippen molar-refractivity contribution in [3.8, 4) is 17.6 Å². The molecule has 1 heterocycles. The summed E-state index contributed by atoms with van der Waals surface area (Å²) in [5.41, 5.74) is 1.22. The van der Waals surface area contributed by atoms with Crippen LogP contribution >= 0.6 is 0 Å². The largest absolute Gasteiger partial charge is 0.487 e. The number of carbonyl (C=O) groups excluding carboxylic acids is 1. The zero-order valence-electron chi connectivity index (χ0n) is 20.9. The minimum Gasteiger partial charge on any atom is -0.487 e. The fourth-order valence-corrected chi connectivity index (χ4v) is 5.73. The summed E-state index contributed by atoms with van der Waals surface area (Å²) in [7, 11) is -2.22. The summed E-state index contributed by atoms with van der Waals surface area (Å²) in [6.45, 7) is 7.63. The van der Waals surface area contributed by atoms with Gasteiger partial charge in [0.25, 0.3) is 5.91 Å². The first kappa shape index (κ1) is 26.7. The first-order chi connectivity index (χ1) is 16.5. The van der Waals surface area contributed by atoms with Gasteiger partial charge in [-0.05, 0) is 37.3 Å². The van der Waals surface area contributed by atoms with Crippen molar-refractivity contribution in [2.45, 2.75) is 44.7 Å². The summed E-state index contributed by atoms with van der Waals surface area (Å²) in [5, 5.41) is 9.78. The molecule has 0 unspecified atom stereocenters. The van der Waals surface area contributed by atoms with Crippen molar-refractivity contribution >= 4 is 15.9 Å². The number of amides is 1. The van der Waals surface area contributed by atoms with Crippen LogP contribution in [0.1, 0.15) is 43.6 Å². The summed E-state index contributed by atoms with van der Waals surface area (Å²) in [5.74, 6) is 6.11. The van der Waals surface area contributed by atoms with Gasteiger partial charge in [-0.3, -0.25) is 4.79 Å². The number of likely N-dealkylation sites (N-methyl/N-ethyl adjacent to an activating group) is 1. The lowest BCUT2D eigenvalue weighted by atomic mass is 10.0. The van der Waals surface area contributed by atoms with Gasteiger partial charge in [0.05, 0.1) is 13.2 Å². The Kier molecular flexibility index (Phi) is 8.60. The van der Waals surface area contributed by atoms with Gasteiger partial charge in [-0.15, -0.1) is 0 Å². The molecule has 1 aliphatic rings. The van der Waals surface area contributed by atoms with Crippen LogP contribution in [0.2, 0.25) is 0 Å². The number of aliphatic hydroxyl groups is 1. The number of hydrogen-bond donors (Lipinski definition) is 1. The van der Waals surface area contributed by atoms with E-state index in [4.69, 9.17) is 4.74 Å². The number of hydrogen-bond acceptors (Lipinski definition) is 5. The predicted molar refractivity (Wildman–Crippen MR) is 136 cm³/mol. The second-order valence-electron chi connectivity index (χ2n) is 9.38. The van der Waals surface area contributed by atoms with Crippen molar-refractivity contribution < 1.29 is 23.1 Å². The van der Waals surface area contributed by atoms with E-state index in [0.29, 0.717) is 11.1 Å². The Bertz CT molecular complexity index is 1200. The Morgan fingerprint density at radius 1 is 1.20 bits per heavy atom. The smallest absolute Gasteiger partial charge is 0.253 e. The van der Waals surface area contributed by atoms with Crippen molar-refractivity contribution in [3.05, 3.63) is 59.7 Å². The highest BCUT2D eigenvalue weighted by Crippen LogP contribution is 2.34. The molecule has 2 aromatic rings. The lowest BCUT2D eigenvalue weighted by Crippen LogP contribution is -2.50. The highest BCUT2D eigenvalue weighted by Gasteiger charge is 2.38. The Balaban J connectivity index is 2.02. The lowest BCUT2D eigenvalue weighted by Gasteiger charge is -2.37. The average Bonchev–Trinajstić information content (AvgIpc) is 2.84. The van der Waals surface area contributed by atoms with Crippen molar-refractivity contribution in [2.24, 2.45) is 11.8 Å². The Hall–Kier alpha value is -2.86.